The summed E-state index contributed by atoms with van der Waals surface area (Å²) >= 11 is 5.83. The number of nitro groups is 1. The summed E-state index contributed by atoms with van der Waals surface area (Å²) in [4.78, 5) is 36.4. The minimum absolute atomic E-state index is 0.0317. The van der Waals surface area contributed by atoms with E-state index >= 15 is 0 Å². The lowest BCUT2D eigenvalue weighted by molar-refractivity contribution is -0.497. The lowest BCUT2D eigenvalue weighted by atomic mass is 9.79. The van der Waals surface area contributed by atoms with Crippen LogP contribution in [0.25, 0.3) is 0 Å². The topological polar surface area (TPSA) is 142 Å². The van der Waals surface area contributed by atoms with Gasteiger partial charge in [-0.3, -0.25) is 24.4 Å². The molecule has 1 amide bonds. The molecule has 12 heteroatoms. The van der Waals surface area contributed by atoms with Crippen molar-refractivity contribution in [1.82, 2.24) is 9.78 Å². The maximum Gasteiger partial charge on any atom is 0.306 e. The molecule has 0 spiro atoms. The number of halogens is 2. The first-order valence-corrected chi connectivity index (χ1v) is 12.3. The Labute approximate surface area is 212 Å². The Morgan fingerprint density at radius 2 is 2.03 bits per heavy atom. The minimum Gasteiger partial charge on any atom is -0.466 e. The van der Waals surface area contributed by atoms with Crippen LogP contribution in [0.4, 0.5) is 15.9 Å². The Balaban J connectivity index is 1.52. The van der Waals surface area contributed by atoms with Crippen LogP contribution >= 0.6 is 11.6 Å². The van der Waals surface area contributed by atoms with E-state index < -0.39 is 23.1 Å². The van der Waals surface area contributed by atoms with Gasteiger partial charge >= 0.3 is 5.97 Å². The molecular formula is C24H29ClFN5O5. The third-order valence-corrected chi connectivity index (χ3v) is 7.72. The number of nitrogens with zero attached hydrogens (tertiary/aromatic N) is 3. The number of aryl methyl sites for hydroxylation is 1. The Morgan fingerprint density at radius 1 is 1.36 bits per heavy atom. The number of nitrogen functional groups attached to an aromatic ring is 1. The molecule has 2 aliphatic carbocycles. The van der Waals surface area contributed by atoms with Gasteiger partial charge in [-0.15, -0.1) is 0 Å². The third-order valence-electron chi connectivity index (χ3n) is 7.43. The second-order valence-electron chi connectivity index (χ2n) is 9.92. The zero-order chi connectivity index (χ0) is 26.2. The highest BCUT2D eigenvalue weighted by Gasteiger charge is 2.53. The number of hydrogen-bond donors (Lipinski definition) is 2. The first-order chi connectivity index (χ1) is 17.0. The van der Waals surface area contributed by atoms with E-state index in [1.807, 2.05) is 0 Å². The third kappa shape index (κ3) is 5.16. The number of hydrogen-bond acceptors (Lipinski definition) is 7. The van der Waals surface area contributed by atoms with Gasteiger partial charge in [0.1, 0.15) is 17.2 Å². The van der Waals surface area contributed by atoms with Gasteiger partial charge in [0, 0.05) is 29.0 Å². The van der Waals surface area contributed by atoms with Crippen molar-refractivity contribution in [3.8, 4) is 0 Å². The molecule has 1 aromatic heterocycles. The van der Waals surface area contributed by atoms with Crippen molar-refractivity contribution in [3.63, 3.8) is 0 Å². The maximum atomic E-state index is 13.5. The molecule has 3 N–H and O–H groups in total. The molecule has 2 unspecified atom stereocenters. The molecule has 36 heavy (non-hydrogen) atoms. The summed E-state index contributed by atoms with van der Waals surface area (Å²) in [5.41, 5.74) is 6.63. The van der Waals surface area contributed by atoms with Crippen LogP contribution in [-0.4, -0.2) is 39.7 Å². The minimum atomic E-state index is -0.721. The molecule has 194 valence electrons. The van der Waals surface area contributed by atoms with Crippen LogP contribution in [0.2, 0.25) is 5.02 Å². The summed E-state index contributed by atoms with van der Waals surface area (Å²) in [7, 11) is 1.65. The van der Waals surface area contributed by atoms with E-state index in [0.717, 1.165) is 6.07 Å². The van der Waals surface area contributed by atoms with Crippen LogP contribution in [0.5, 0.6) is 0 Å². The van der Waals surface area contributed by atoms with Crippen molar-refractivity contribution >= 4 is 35.0 Å². The second kappa shape index (κ2) is 10.0. The predicted molar refractivity (Wildman–Crippen MR) is 131 cm³/mol. The van der Waals surface area contributed by atoms with E-state index in [0.29, 0.717) is 37.1 Å². The molecule has 0 bridgehead atoms. The fraction of sp³-hybridized carbons (Fsp3) is 0.542. The molecule has 2 aliphatic rings. The Hall–Kier alpha value is -3.21. The molecule has 1 aromatic carbocycles. The second-order valence-corrected chi connectivity index (χ2v) is 10.3. The molecule has 2 fully saturated rings. The largest absolute Gasteiger partial charge is 0.466 e. The van der Waals surface area contributed by atoms with E-state index in [-0.39, 0.29) is 58.7 Å². The standard InChI is InChI=1S/C24H29ClFN5O5/c1-3-36-19(32)11-24(12-31(34)35)9-14-6-13(7-15(14)10-24)21-20(22(27)30(2)29-21)23(33)28-16-4-5-18(26)17(25)8-16/h4-5,8,13-15H,3,6-7,9-12,27H2,1-2H3,(H,28,33). The average molecular weight is 522 g/mol. The molecule has 2 saturated carbocycles. The number of benzene rings is 1. The lowest BCUT2D eigenvalue weighted by Gasteiger charge is -2.25. The molecular weight excluding hydrogens is 493 g/mol. The van der Waals surface area contributed by atoms with E-state index in [9.17, 15) is 24.1 Å². The fourth-order valence-electron chi connectivity index (χ4n) is 6.10. The Morgan fingerprint density at radius 3 is 2.61 bits per heavy atom. The SMILES string of the molecule is CCOC(=O)CC1(C[N+](=O)[O-])CC2CC(c3nn(C)c(N)c3C(=O)Nc3ccc(F)c(Cl)c3)CC2C1. The van der Waals surface area contributed by atoms with Gasteiger partial charge in [-0.05, 0) is 62.6 Å². The van der Waals surface area contributed by atoms with Crippen LogP contribution in [0.1, 0.15) is 61.0 Å². The zero-order valence-corrected chi connectivity index (χ0v) is 20.9. The number of anilines is 2. The highest BCUT2D eigenvalue weighted by molar-refractivity contribution is 6.31. The Bertz CT molecular complexity index is 1190. The van der Waals surface area contributed by atoms with Gasteiger partial charge in [-0.25, -0.2) is 4.39 Å². The number of esters is 1. The summed E-state index contributed by atoms with van der Waals surface area (Å²) < 4.78 is 20.0. The highest BCUT2D eigenvalue weighted by atomic mass is 35.5. The number of nitrogens with one attached hydrogen (secondary N) is 1. The normalized spacial score (nSPS) is 24.9. The summed E-state index contributed by atoms with van der Waals surface area (Å²) in [6, 6.07) is 3.89. The van der Waals surface area contributed by atoms with Crippen molar-refractivity contribution in [1.29, 1.82) is 0 Å². The van der Waals surface area contributed by atoms with Gasteiger partial charge in [0.2, 0.25) is 6.54 Å². The van der Waals surface area contributed by atoms with Crippen molar-refractivity contribution in [2.75, 3.05) is 24.2 Å². The first-order valence-electron chi connectivity index (χ1n) is 11.9. The van der Waals surface area contributed by atoms with Gasteiger partial charge in [0.25, 0.3) is 5.91 Å². The fourth-order valence-corrected chi connectivity index (χ4v) is 6.28. The number of carbonyl (C=O) groups excluding carboxylic acids is 2. The molecule has 1 heterocycles. The van der Waals surface area contributed by atoms with Gasteiger partial charge < -0.3 is 15.8 Å². The monoisotopic (exact) mass is 521 g/mol. The average Bonchev–Trinajstić information content (AvgIpc) is 3.40. The van der Waals surface area contributed by atoms with Crippen molar-refractivity contribution in [3.05, 3.63) is 50.4 Å². The molecule has 2 aromatic rings. The van der Waals surface area contributed by atoms with E-state index in [4.69, 9.17) is 22.1 Å². The van der Waals surface area contributed by atoms with Gasteiger partial charge in [0.15, 0.2) is 0 Å². The van der Waals surface area contributed by atoms with Crippen LogP contribution < -0.4 is 11.1 Å². The number of nitrogens with two attached hydrogens (primary N) is 1. The quantitative estimate of drug-likeness (QED) is 0.301. The number of rotatable bonds is 8. The van der Waals surface area contributed by atoms with Gasteiger partial charge in [-0.1, -0.05) is 11.6 Å². The molecule has 10 nitrogen and oxygen atoms in total. The summed E-state index contributed by atoms with van der Waals surface area (Å²) in [6.45, 7) is 1.68. The molecule has 4 rings (SSSR count). The zero-order valence-electron chi connectivity index (χ0n) is 20.1. The van der Waals surface area contributed by atoms with Crippen molar-refractivity contribution in [2.45, 2.75) is 44.9 Å². The van der Waals surface area contributed by atoms with Crippen LogP contribution in [-0.2, 0) is 16.6 Å². The predicted octanol–water partition coefficient (Wildman–Crippen LogP) is 4.17. The number of aromatic nitrogens is 2. The van der Waals surface area contributed by atoms with Crippen molar-refractivity contribution in [2.24, 2.45) is 24.3 Å². The van der Waals surface area contributed by atoms with Crippen molar-refractivity contribution < 1.29 is 23.6 Å². The van der Waals surface area contributed by atoms with Gasteiger partial charge in [0.05, 0.1) is 23.7 Å². The number of carbonyl (C=O) groups is 2. The number of ether oxygens (including phenoxy) is 1. The maximum absolute atomic E-state index is 13.5. The lowest BCUT2D eigenvalue weighted by Crippen LogP contribution is -2.31. The van der Waals surface area contributed by atoms with Crippen LogP contribution in [0.3, 0.4) is 0 Å². The summed E-state index contributed by atoms with van der Waals surface area (Å²) in [6.07, 6.45) is 2.50. The molecule has 2 atom stereocenters. The van der Waals surface area contributed by atoms with Gasteiger partial charge in [-0.2, -0.15) is 5.10 Å². The Kier molecular flexibility index (Phi) is 7.21. The first kappa shape index (κ1) is 25.9. The van der Waals surface area contributed by atoms with E-state index in [2.05, 4.69) is 10.4 Å². The smallest absolute Gasteiger partial charge is 0.306 e. The molecule has 0 radical (unpaired) electrons. The van der Waals surface area contributed by atoms with E-state index in [1.54, 1.807) is 14.0 Å². The van der Waals surface area contributed by atoms with Crippen LogP contribution in [0, 0.1) is 33.2 Å². The molecule has 0 aliphatic heterocycles. The van der Waals surface area contributed by atoms with E-state index in [1.165, 1.54) is 16.8 Å². The molecule has 0 saturated heterocycles. The summed E-state index contributed by atoms with van der Waals surface area (Å²) in [5.74, 6) is -0.993. The number of fused-ring (bicyclic) bond motifs is 1. The van der Waals surface area contributed by atoms with Crippen LogP contribution in [0.15, 0.2) is 18.2 Å². The number of amides is 1. The highest BCUT2D eigenvalue weighted by Crippen LogP contribution is 2.58. The summed E-state index contributed by atoms with van der Waals surface area (Å²) in [5, 5.41) is 18.5.